The topological polar surface area (TPSA) is 64.0 Å². The Morgan fingerprint density at radius 3 is 2.52 bits per heavy atom. The monoisotopic (exact) mass is 373 g/mol. The highest BCUT2D eigenvalue weighted by molar-refractivity contribution is 6.36. The van der Waals surface area contributed by atoms with Gasteiger partial charge in [-0.25, -0.2) is 4.98 Å². The van der Waals surface area contributed by atoms with Crippen molar-refractivity contribution in [2.45, 2.75) is 6.54 Å². The van der Waals surface area contributed by atoms with E-state index in [1.165, 1.54) is 23.0 Å². The van der Waals surface area contributed by atoms with Gasteiger partial charge in [0.05, 0.1) is 22.7 Å². The zero-order valence-corrected chi connectivity index (χ0v) is 14.5. The van der Waals surface area contributed by atoms with Gasteiger partial charge < -0.3 is 5.32 Å². The van der Waals surface area contributed by atoms with Crippen LogP contribution in [0.25, 0.3) is 11.3 Å². The second kappa shape index (κ2) is 7.51. The van der Waals surface area contributed by atoms with Crippen LogP contribution in [0.2, 0.25) is 10.0 Å². The van der Waals surface area contributed by atoms with Gasteiger partial charge in [0, 0.05) is 16.7 Å². The fourth-order valence-electron chi connectivity index (χ4n) is 2.25. The molecule has 0 bridgehead atoms. The van der Waals surface area contributed by atoms with E-state index >= 15 is 0 Å². The van der Waals surface area contributed by atoms with Gasteiger partial charge in [-0.2, -0.15) is 0 Å². The maximum atomic E-state index is 12.2. The molecule has 2 aromatic carbocycles. The predicted molar refractivity (Wildman–Crippen MR) is 99.0 cm³/mol. The van der Waals surface area contributed by atoms with E-state index in [0.717, 1.165) is 5.56 Å². The minimum Gasteiger partial charge on any atom is -0.323 e. The van der Waals surface area contributed by atoms with Crippen LogP contribution in [0.1, 0.15) is 0 Å². The molecule has 0 aliphatic heterocycles. The molecule has 1 heterocycles. The number of nitrogens with zero attached hydrogens (tertiary/aromatic N) is 2. The van der Waals surface area contributed by atoms with E-state index in [9.17, 15) is 9.59 Å². The van der Waals surface area contributed by atoms with Crippen LogP contribution in [0.5, 0.6) is 0 Å². The van der Waals surface area contributed by atoms with Crippen LogP contribution in [0.3, 0.4) is 0 Å². The third-order valence-corrected chi connectivity index (χ3v) is 4.02. The van der Waals surface area contributed by atoms with Crippen molar-refractivity contribution >= 4 is 34.8 Å². The zero-order chi connectivity index (χ0) is 17.8. The van der Waals surface area contributed by atoms with Crippen molar-refractivity contribution in [1.82, 2.24) is 9.55 Å². The van der Waals surface area contributed by atoms with Crippen LogP contribution in [0, 0.1) is 0 Å². The number of amides is 1. The number of anilines is 1. The van der Waals surface area contributed by atoms with Crippen LogP contribution in [-0.2, 0) is 11.3 Å². The Balaban J connectivity index is 1.74. The van der Waals surface area contributed by atoms with Gasteiger partial charge in [0.2, 0.25) is 5.91 Å². The highest BCUT2D eigenvalue weighted by Gasteiger charge is 2.09. The number of halogens is 2. The van der Waals surface area contributed by atoms with E-state index in [4.69, 9.17) is 23.2 Å². The highest BCUT2D eigenvalue weighted by Crippen LogP contribution is 2.25. The van der Waals surface area contributed by atoms with Gasteiger partial charge in [-0.3, -0.25) is 14.2 Å². The molecule has 0 radical (unpaired) electrons. The lowest BCUT2D eigenvalue weighted by atomic mass is 10.1. The molecule has 0 spiro atoms. The summed E-state index contributed by atoms with van der Waals surface area (Å²) < 4.78 is 1.23. The third-order valence-electron chi connectivity index (χ3n) is 3.47. The summed E-state index contributed by atoms with van der Waals surface area (Å²) in [5.74, 6) is -0.388. The summed E-state index contributed by atoms with van der Waals surface area (Å²) in [5.41, 5.74) is 1.51. The standard InChI is InChI=1S/C18H13Cl2N3O2/c19-13-6-7-15(14(20)8-13)22-17(24)10-23-11-21-16(9-18(23)25)12-4-2-1-3-5-12/h1-9,11H,10H2,(H,22,24). The summed E-state index contributed by atoms with van der Waals surface area (Å²) in [6.07, 6.45) is 1.35. The van der Waals surface area contributed by atoms with Crippen molar-refractivity contribution in [1.29, 1.82) is 0 Å². The number of carbonyl (C=O) groups excluding carboxylic acids is 1. The molecule has 1 amide bonds. The van der Waals surface area contributed by atoms with Crippen LogP contribution in [-0.4, -0.2) is 15.5 Å². The van der Waals surface area contributed by atoms with E-state index in [1.54, 1.807) is 12.1 Å². The Morgan fingerprint density at radius 1 is 1.08 bits per heavy atom. The van der Waals surface area contributed by atoms with Crippen LogP contribution in [0.15, 0.2) is 65.7 Å². The second-order valence-electron chi connectivity index (χ2n) is 5.28. The molecular weight excluding hydrogens is 361 g/mol. The van der Waals surface area contributed by atoms with E-state index in [2.05, 4.69) is 10.3 Å². The molecule has 25 heavy (non-hydrogen) atoms. The Hall–Kier alpha value is -2.63. The summed E-state index contributed by atoms with van der Waals surface area (Å²) in [7, 11) is 0. The molecule has 0 atom stereocenters. The Labute approximate surface area is 153 Å². The molecule has 1 N–H and O–H groups in total. The lowest BCUT2D eigenvalue weighted by Crippen LogP contribution is -2.27. The Bertz CT molecular complexity index is 972. The van der Waals surface area contributed by atoms with Crippen LogP contribution >= 0.6 is 23.2 Å². The first-order valence-corrected chi connectivity index (χ1v) is 8.15. The van der Waals surface area contributed by atoms with E-state index in [1.807, 2.05) is 30.3 Å². The average molecular weight is 374 g/mol. The molecule has 5 nitrogen and oxygen atoms in total. The van der Waals surface area contributed by atoms with Gasteiger partial charge in [-0.05, 0) is 18.2 Å². The summed E-state index contributed by atoms with van der Waals surface area (Å²) in [6, 6.07) is 15.5. The summed E-state index contributed by atoms with van der Waals surface area (Å²) in [5, 5.41) is 3.44. The van der Waals surface area contributed by atoms with E-state index in [0.29, 0.717) is 21.4 Å². The smallest absolute Gasteiger partial charge is 0.254 e. The number of aromatic nitrogens is 2. The fourth-order valence-corrected chi connectivity index (χ4v) is 2.70. The van der Waals surface area contributed by atoms with Crippen molar-refractivity contribution in [3.8, 4) is 11.3 Å². The molecule has 0 fully saturated rings. The number of hydrogen-bond donors (Lipinski definition) is 1. The van der Waals surface area contributed by atoms with E-state index < -0.39 is 0 Å². The number of nitrogens with one attached hydrogen (secondary N) is 1. The van der Waals surface area contributed by atoms with Crippen LogP contribution < -0.4 is 10.9 Å². The minimum absolute atomic E-state index is 0.167. The van der Waals surface area contributed by atoms with Crippen molar-refractivity contribution in [3.63, 3.8) is 0 Å². The molecule has 126 valence electrons. The number of benzene rings is 2. The Kier molecular flexibility index (Phi) is 5.16. The molecule has 0 aliphatic carbocycles. The quantitative estimate of drug-likeness (QED) is 0.755. The van der Waals surface area contributed by atoms with Gasteiger partial charge in [-0.15, -0.1) is 0 Å². The maximum Gasteiger partial charge on any atom is 0.254 e. The number of carbonyl (C=O) groups is 1. The molecule has 0 unspecified atom stereocenters. The number of rotatable bonds is 4. The zero-order valence-electron chi connectivity index (χ0n) is 12.9. The highest BCUT2D eigenvalue weighted by atomic mass is 35.5. The lowest BCUT2D eigenvalue weighted by molar-refractivity contribution is -0.116. The first kappa shape index (κ1) is 17.2. The lowest BCUT2D eigenvalue weighted by Gasteiger charge is -2.09. The summed E-state index contributed by atoms with van der Waals surface area (Å²) in [4.78, 5) is 28.6. The molecular formula is C18H13Cl2N3O2. The normalized spacial score (nSPS) is 10.5. The van der Waals surface area contributed by atoms with Crippen molar-refractivity contribution in [3.05, 3.63) is 81.3 Å². The van der Waals surface area contributed by atoms with E-state index in [-0.39, 0.29) is 18.0 Å². The molecule has 0 saturated heterocycles. The van der Waals surface area contributed by atoms with Gasteiger partial charge in [0.1, 0.15) is 6.54 Å². The Morgan fingerprint density at radius 2 is 1.84 bits per heavy atom. The van der Waals surface area contributed by atoms with Gasteiger partial charge in [0.15, 0.2) is 0 Å². The largest absolute Gasteiger partial charge is 0.323 e. The van der Waals surface area contributed by atoms with Crippen molar-refractivity contribution in [2.75, 3.05) is 5.32 Å². The van der Waals surface area contributed by atoms with Gasteiger partial charge in [0.25, 0.3) is 5.56 Å². The minimum atomic E-state index is -0.388. The molecule has 0 aliphatic rings. The molecule has 7 heteroatoms. The molecule has 0 saturated carbocycles. The van der Waals surface area contributed by atoms with Gasteiger partial charge in [-0.1, -0.05) is 53.5 Å². The first-order valence-electron chi connectivity index (χ1n) is 7.40. The number of hydrogen-bond acceptors (Lipinski definition) is 3. The molecule has 1 aromatic heterocycles. The average Bonchev–Trinajstić information content (AvgIpc) is 2.60. The first-order chi connectivity index (χ1) is 12.0. The van der Waals surface area contributed by atoms with Crippen LogP contribution in [0.4, 0.5) is 5.69 Å². The fraction of sp³-hybridized carbons (Fsp3) is 0.0556. The predicted octanol–water partition coefficient (Wildman–Crippen LogP) is 3.86. The second-order valence-corrected chi connectivity index (χ2v) is 6.12. The third kappa shape index (κ3) is 4.26. The molecule has 3 aromatic rings. The maximum absolute atomic E-state index is 12.2. The molecule has 3 rings (SSSR count). The van der Waals surface area contributed by atoms with Crippen molar-refractivity contribution < 1.29 is 4.79 Å². The SMILES string of the molecule is O=C(Cn1cnc(-c2ccccc2)cc1=O)Nc1ccc(Cl)cc1Cl. The summed E-state index contributed by atoms with van der Waals surface area (Å²) >= 11 is 11.8. The van der Waals surface area contributed by atoms with Crippen molar-refractivity contribution in [2.24, 2.45) is 0 Å². The van der Waals surface area contributed by atoms with Gasteiger partial charge >= 0.3 is 0 Å². The summed E-state index contributed by atoms with van der Waals surface area (Å²) in [6.45, 7) is -0.167.